The molecule has 25 rings (SSSR count). The molecule has 0 aromatic heterocycles. The highest BCUT2D eigenvalue weighted by molar-refractivity contribution is 5.81. The lowest BCUT2D eigenvalue weighted by atomic mass is 9.47. The molecule has 18 unspecified atom stereocenters. The highest BCUT2D eigenvalue weighted by Crippen LogP contribution is 2.70. The molecule has 25 fully saturated rings. The minimum atomic E-state index is -3.63. The van der Waals surface area contributed by atoms with Crippen molar-refractivity contribution in [3.05, 3.63) is 0 Å². The molecule has 19 saturated carbocycles. The fourth-order valence-corrected chi connectivity index (χ4v) is 28.1. The Kier molecular flexibility index (Phi) is 28.3. The van der Waals surface area contributed by atoms with Crippen LogP contribution >= 0.6 is 0 Å². The predicted molar refractivity (Wildman–Crippen MR) is 420 cm³/mol. The van der Waals surface area contributed by atoms with Crippen molar-refractivity contribution in [1.29, 1.82) is 0 Å². The molecule has 26 nitrogen and oxygen atoms in total. The van der Waals surface area contributed by atoms with Gasteiger partial charge < -0.3 is 94.7 Å². The summed E-state index contributed by atoms with van der Waals surface area (Å²) in [5, 5.41) is 0. The molecule has 0 amide bonds. The standard InChI is InChI=1S/2C16H22F2O4.2C16H24F2O3.C14H18F2O6.C13H18F2O6/c1-14(17,18)9-20-13(19)15-6-10-4-11(7-15)16(12(5-10)8-15)21-2-3-22-16;1-15(17,18)8-20-14(19)13-10-4-9-5-11(7-10)16(12(13)6-9)21-2-3-22-16;1-14(17,18)9-19-10-15-6-11-4-12(7-15)16(13(5-11)8-15)20-2-3-21-16;1-15(17,18)9-19-8-13-11-4-10-5-12(7-11)16(14(13)6-10)20-2-3-21-16;1-13(15,16)12(18)19-7-10(17)22-11-8-2-3-9(6-8)14(11)20-4-5-21-14;1-12(14,15)11(17)18-8-10(16)21-9-4-2-3-5-13(9)19-6-7-20-13/h10-12H,2-9H2,1H3;9-13H,2-8H2,1H3;11-13H,2-10H2,1H3;10-14H,2-9H2,1H3;8-9,11H,2-7H2,1H3;9H,2-8H2,1H3. The number of ether oxygens (including phenoxy) is 20. The van der Waals surface area contributed by atoms with Gasteiger partial charge in [0.2, 0.25) is 11.6 Å². The normalized spacial score (nSPS) is 38.2. The first-order chi connectivity index (χ1) is 60.8. The second-order valence-corrected chi connectivity index (χ2v) is 41.8. The Labute approximate surface area is 743 Å². The van der Waals surface area contributed by atoms with Crippen LogP contribution < -0.4 is 0 Å². The van der Waals surface area contributed by atoms with E-state index >= 15 is 0 Å². The summed E-state index contributed by atoms with van der Waals surface area (Å²) in [5.41, 5.74) is -0.509. The van der Waals surface area contributed by atoms with E-state index in [2.05, 4.69) is 9.47 Å². The molecule has 732 valence electrons. The molecule has 25 aliphatic rings. The highest BCUT2D eigenvalue weighted by Gasteiger charge is 2.72. The fraction of sp³-hybridized carbons (Fsp3) is 0.934. The van der Waals surface area contributed by atoms with E-state index in [1.807, 2.05) is 0 Å². The van der Waals surface area contributed by atoms with Gasteiger partial charge in [-0.15, -0.1) is 0 Å². The zero-order chi connectivity index (χ0) is 92.0. The number of rotatable bonds is 22. The number of esters is 6. The van der Waals surface area contributed by atoms with Gasteiger partial charge >= 0.3 is 47.7 Å². The van der Waals surface area contributed by atoms with Gasteiger partial charge in [-0.05, 0) is 201 Å². The molecule has 19 aliphatic carbocycles. The molecule has 6 saturated heterocycles. The van der Waals surface area contributed by atoms with Crippen LogP contribution in [0.2, 0.25) is 0 Å². The Hall–Kier alpha value is -4.58. The van der Waals surface area contributed by atoms with Crippen molar-refractivity contribution in [1.82, 2.24) is 0 Å². The van der Waals surface area contributed by atoms with Gasteiger partial charge in [-0.3, -0.25) is 9.59 Å². The SMILES string of the molecule is CC(F)(F)C(=O)OCC(=O)OC1C2CCC(C2)C12OCCO2.CC(F)(F)C(=O)OCC(=O)OC1CCCCC12OCCO2.CC(F)(F)COC(=O)C12CC3CC(C1)C1(OCCO1)C(C3)C2.CC(F)(F)COC(=O)C1C2CC3CC(C2)C2(OCCO2)C1C3.CC(F)(F)COCC12CC3CC(C1)C1(OCCO1)C(C3)C2.CC(F)(F)COCC1C2CC3CC(C2)C2(OCCO2)C1C3. The third-order valence-electron chi connectivity index (χ3n) is 31.9. The lowest BCUT2D eigenvalue weighted by molar-refractivity contribution is -0.309. The van der Waals surface area contributed by atoms with Crippen LogP contribution in [0, 0.1) is 117 Å². The van der Waals surface area contributed by atoms with Crippen LogP contribution in [0.3, 0.4) is 0 Å². The zero-order valence-corrected chi connectivity index (χ0v) is 74.5. The average molecular weight is 1870 g/mol. The first-order valence-electron chi connectivity index (χ1n) is 46.9. The van der Waals surface area contributed by atoms with Gasteiger partial charge in [-0.2, -0.15) is 17.6 Å². The average Bonchev–Trinajstić information content (AvgIpc) is 1.68. The Morgan fingerprint density at radius 2 is 0.783 bits per heavy atom. The van der Waals surface area contributed by atoms with Crippen LogP contribution in [-0.4, -0.2) is 250 Å². The summed E-state index contributed by atoms with van der Waals surface area (Å²) in [6.07, 6.45) is 22.6. The van der Waals surface area contributed by atoms with Gasteiger partial charge in [-0.25, -0.2) is 54.3 Å². The third-order valence-corrected chi connectivity index (χ3v) is 31.9. The summed E-state index contributed by atoms with van der Waals surface area (Å²) in [6, 6.07) is 0. The van der Waals surface area contributed by atoms with Crippen LogP contribution in [-0.2, 0) is 124 Å². The van der Waals surface area contributed by atoms with E-state index in [1.165, 1.54) is 25.7 Å². The predicted octanol–water partition coefficient (Wildman–Crippen LogP) is 14.4. The number of alkyl halides is 12. The van der Waals surface area contributed by atoms with Crippen LogP contribution in [0.5, 0.6) is 0 Å². The van der Waals surface area contributed by atoms with Gasteiger partial charge in [-0.1, -0.05) is 0 Å². The maximum Gasteiger partial charge on any atom is 0.377 e. The summed E-state index contributed by atoms with van der Waals surface area (Å²) in [7, 11) is 0. The van der Waals surface area contributed by atoms with Gasteiger partial charge in [0.05, 0.1) is 104 Å². The number of hydrogen-bond donors (Lipinski definition) is 0. The quantitative estimate of drug-likeness (QED) is 0.0553. The van der Waals surface area contributed by atoms with E-state index < -0.39 is 158 Å². The van der Waals surface area contributed by atoms with E-state index in [-0.39, 0.29) is 52.6 Å². The second kappa shape index (κ2) is 37.4. The molecule has 18 atom stereocenters. The number of hydrogen-bond acceptors (Lipinski definition) is 26. The molecule has 38 heteroatoms. The lowest BCUT2D eigenvalue weighted by Crippen LogP contribution is -2.63. The summed E-state index contributed by atoms with van der Waals surface area (Å²) in [5.74, 6) is -22.6. The van der Waals surface area contributed by atoms with Crippen LogP contribution in [0.25, 0.3) is 0 Å². The smallest absolute Gasteiger partial charge is 0.377 e. The van der Waals surface area contributed by atoms with E-state index in [4.69, 9.17) is 85.3 Å². The van der Waals surface area contributed by atoms with Gasteiger partial charge in [0.1, 0.15) is 13.2 Å². The van der Waals surface area contributed by atoms with Crippen molar-refractivity contribution >= 4 is 35.8 Å². The molecule has 129 heavy (non-hydrogen) atoms. The maximum atomic E-state index is 13.0. The molecular weight excluding hydrogens is 1740 g/mol. The number of fused-ring (bicyclic) bond motifs is 3. The molecule has 0 aromatic rings. The maximum absolute atomic E-state index is 13.0. The number of carbonyl (C=O) groups excluding carboxylic acids is 6. The van der Waals surface area contributed by atoms with Crippen LogP contribution in [0.15, 0.2) is 0 Å². The first kappa shape index (κ1) is 97.5. The van der Waals surface area contributed by atoms with E-state index in [0.29, 0.717) is 191 Å². The molecule has 6 heterocycles. The van der Waals surface area contributed by atoms with Crippen LogP contribution in [0.4, 0.5) is 52.7 Å². The minimum absolute atomic E-state index is 0.0378. The summed E-state index contributed by atoms with van der Waals surface area (Å²) < 4.78 is 265. The van der Waals surface area contributed by atoms with E-state index in [1.54, 1.807) is 0 Å². The minimum Gasteiger partial charge on any atom is -0.459 e. The van der Waals surface area contributed by atoms with E-state index in [0.717, 1.165) is 143 Å². The van der Waals surface area contributed by atoms with Crippen LogP contribution in [0.1, 0.15) is 202 Å². The second-order valence-electron chi connectivity index (χ2n) is 41.8. The number of halogens is 12. The Balaban J connectivity index is 0.000000113. The largest absolute Gasteiger partial charge is 0.459 e. The topological polar surface area (TPSA) is 287 Å². The Morgan fingerprint density at radius 3 is 1.30 bits per heavy atom. The van der Waals surface area contributed by atoms with E-state index in [9.17, 15) is 81.5 Å². The molecule has 0 N–H and O–H groups in total. The van der Waals surface area contributed by atoms with Gasteiger partial charge in [0.25, 0.3) is 23.7 Å². The number of carbonyl (C=O) groups is 6. The van der Waals surface area contributed by atoms with Crippen molar-refractivity contribution in [2.24, 2.45) is 117 Å². The molecule has 6 aliphatic heterocycles. The molecule has 6 spiro atoms. The Bertz CT molecular complexity index is 3870. The van der Waals surface area contributed by atoms with Gasteiger partial charge in [0, 0.05) is 107 Å². The summed E-state index contributed by atoms with van der Waals surface area (Å²) in [4.78, 5) is 70.2. The summed E-state index contributed by atoms with van der Waals surface area (Å²) >= 11 is 0. The fourth-order valence-electron chi connectivity index (χ4n) is 28.1. The first-order valence-corrected chi connectivity index (χ1v) is 46.9. The molecule has 0 aromatic carbocycles. The van der Waals surface area contributed by atoms with Crippen molar-refractivity contribution in [2.75, 3.05) is 132 Å². The molecule has 18 bridgehead atoms. The van der Waals surface area contributed by atoms with Crippen molar-refractivity contribution < 1.29 is 176 Å². The third kappa shape index (κ3) is 20.6. The van der Waals surface area contributed by atoms with Crippen molar-refractivity contribution in [3.8, 4) is 0 Å². The zero-order valence-electron chi connectivity index (χ0n) is 74.5. The summed E-state index contributed by atoms with van der Waals surface area (Å²) in [6.45, 7) is 7.53. The highest BCUT2D eigenvalue weighted by atomic mass is 19.3. The Morgan fingerprint density at radius 1 is 0.357 bits per heavy atom. The molecular formula is C91H128F12O26. The monoisotopic (exact) mass is 1860 g/mol. The lowest BCUT2D eigenvalue weighted by Gasteiger charge is -2.62. The van der Waals surface area contributed by atoms with Crippen molar-refractivity contribution in [3.63, 3.8) is 0 Å². The molecule has 0 radical (unpaired) electrons. The van der Waals surface area contributed by atoms with Gasteiger partial charge in [0.15, 0.2) is 61.8 Å². The van der Waals surface area contributed by atoms with Crippen molar-refractivity contribution in [2.45, 2.75) is 285 Å².